The summed E-state index contributed by atoms with van der Waals surface area (Å²) in [6.07, 6.45) is 0.893. The fourth-order valence-corrected chi connectivity index (χ4v) is 5.77. The van der Waals surface area contributed by atoms with E-state index in [9.17, 15) is 18.0 Å². The zero-order chi connectivity index (χ0) is 30.1. The van der Waals surface area contributed by atoms with Gasteiger partial charge in [0.25, 0.3) is 5.91 Å². The fraction of sp³-hybridized carbons (Fsp3) is 0.680. The van der Waals surface area contributed by atoms with Gasteiger partial charge in [0.15, 0.2) is 5.76 Å². The molecule has 0 spiro atoms. The van der Waals surface area contributed by atoms with Gasteiger partial charge in [0.1, 0.15) is 24.7 Å². The molecule has 1 aliphatic heterocycles. The minimum absolute atomic E-state index is 0.0233. The first-order valence-electron chi connectivity index (χ1n) is 12.9. The van der Waals surface area contributed by atoms with E-state index < -0.39 is 38.1 Å². The first-order valence-corrected chi connectivity index (χ1v) is 22.7. The maximum Gasteiger partial charge on any atom is 0.342 e. The van der Waals surface area contributed by atoms with Crippen LogP contribution in [0.3, 0.4) is 0 Å². The monoisotopic (exact) mass is 666 g/mol. The highest BCUT2D eigenvalue weighted by molar-refractivity contribution is 9.10. The van der Waals surface area contributed by atoms with Gasteiger partial charge in [-0.25, -0.2) is 4.79 Å². The van der Waals surface area contributed by atoms with Crippen molar-refractivity contribution >= 4 is 59.6 Å². The predicted molar refractivity (Wildman–Crippen MR) is 160 cm³/mol. The van der Waals surface area contributed by atoms with Crippen molar-refractivity contribution in [2.24, 2.45) is 0 Å². The Morgan fingerprint density at radius 2 is 1.54 bits per heavy atom. The molecule has 0 N–H and O–H groups in total. The number of aromatic nitrogens is 1. The van der Waals surface area contributed by atoms with Crippen molar-refractivity contribution in [2.75, 3.05) is 26.1 Å². The number of halogens is 1. The number of hydrogen-bond acceptors (Lipinski definition) is 8. The smallest absolute Gasteiger partial charge is 0.342 e. The first kappa shape index (κ1) is 33.7. The Labute approximate surface area is 243 Å². The van der Waals surface area contributed by atoms with Crippen LogP contribution in [-0.2, 0) is 40.0 Å². The van der Waals surface area contributed by atoms with Crippen molar-refractivity contribution in [1.82, 2.24) is 9.47 Å². The third kappa shape index (κ3) is 8.29. The number of rotatable bonds is 12. The topological polar surface area (TPSA) is 113 Å². The summed E-state index contributed by atoms with van der Waals surface area (Å²) in [5, 5.41) is 0. The summed E-state index contributed by atoms with van der Waals surface area (Å²) in [7, 11) is -7.42. The molecule has 2 atom stereocenters. The van der Waals surface area contributed by atoms with Gasteiger partial charge in [-0.05, 0) is 49.2 Å². The maximum absolute atomic E-state index is 14.1. The predicted octanol–water partition coefficient (Wildman–Crippen LogP) is 4.75. The van der Waals surface area contributed by atoms with Crippen LogP contribution in [0.4, 0.5) is 0 Å². The molecular weight excluding hydrogens is 624 g/mol. The van der Waals surface area contributed by atoms with E-state index in [1.54, 1.807) is 18.4 Å². The van der Waals surface area contributed by atoms with Gasteiger partial charge in [0.2, 0.25) is 0 Å². The van der Waals surface area contributed by atoms with Gasteiger partial charge in [-0.15, -0.1) is 0 Å². The second-order valence-electron chi connectivity index (χ2n) is 12.0. The molecule has 2 heterocycles. The summed E-state index contributed by atoms with van der Waals surface area (Å²) in [6.45, 7) is 20.1. The van der Waals surface area contributed by atoms with Crippen LogP contribution in [0.2, 0.25) is 39.3 Å². The van der Waals surface area contributed by atoms with E-state index in [4.69, 9.17) is 18.4 Å². The summed E-state index contributed by atoms with van der Waals surface area (Å²) in [4.78, 5) is 28.8. The number of esters is 1. The first-order chi connectivity index (χ1) is 17.7. The molecular formula is C25H43BrN2O8SSi2. The highest BCUT2D eigenvalue weighted by Gasteiger charge is 2.40. The number of carbonyl (C=O) groups excluding carboxylic acids is 2. The Hall–Kier alpha value is -1.46. The Morgan fingerprint density at radius 1 is 1.03 bits per heavy atom. The molecule has 1 aliphatic rings. The van der Waals surface area contributed by atoms with Crippen LogP contribution in [0.25, 0.3) is 5.57 Å². The van der Waals surface area contributed by atoms with E-state index in [-0.39, 0.29) is 60.7 Å². The second-order valence-corrected chi connectivity index (χ2v) is 25.4. The Kier molecular flexibility index (Phi) is 10.9. The number of carbonyl (C=O) groups is 2. The molecule has 0 bridgehead atoms. The van der Waals surface area contributed by atoms with Crippen molar-refractivity contribution in [3.05, 3.63) is 27.2 Å². The summed E-state index contributed by atoms with van der Waals surface area (Å²) in [6, 6.07) is 0. The third-order valence-corrected chi connectivity index (χ3v) is 13.6. The number of amides is 1. The van der Waals surface area contributed by atoms with Crippen LogP contribution in [0.5, 0.6) is 0 Å². The molecule has 1 aromatic heterocycles. The lowest BCUT2D eigenvalue weighted by molar-refractivity contribution is -0.136. The van der Waals surface area contributed by atoms with E-state index in [0.717, 1.165) is 6.26 Å². The third-order valence-electron chi connectivity index (χ3n) is 6.89. The van der Waals surface area contributed by atoms with Crippen molar-refractivity contribution in [3.63, 3.8) is 0 Å². The van der Waals surface area contributed by atoms with Gasteiger partial charge in [-0.3, -0.25) is 4.79 Å². The molecule has 0 aromatic carbocycles. The molecule has 0 aliphatic carbocycles. The van der Waals surface area contributed by atoms with E-state index in [1.807, 2.05) is 13.8 Å². The molecule has 1 amide bonds. The lowest BCUT2D eigenvalue weighted by atomic mass is 10.0. The molecule has 0 radical (unpaired) electrons. The number of fused-ring (bicyclic) bond motifs is 1. The van der Waals surface area contributed by atoms with E-state index in [0.29, 0.717) is 10.2 Å². The highest BCUT2D eigenvalue weighted by Crippen LogP contribution is 2.38. The number of hydrogen-bond donors (Lipinski definition) is 0. The standard InChI is InChI=1S/C25H43BrN2O8SSi2/c1-12-33-25(30)21-19(36-37(5,31)32)13-27(14-34-17(3)38(6,7)8)24(29)22-20(21)16(2)23(26)28(22)15-35-18(4)39(9,10)11/h17-18H,12-15H2,1-11H3. The SMILES string of the molecule is CCOC(=O)C1=C(OS(C)(=O)=O)CN(COC(C)[Si](C)(C)C)C(=O)c2c1c(C)c(Br)n2COC(C)[Si](C)(C)C. The molecule has 0 saturated heterocycles. The van der Waals surface area contributed by atoms with Crippen LogP contribution < -0.4 is 0 Å². The van der Waals surface area contributed by atoms with Gasteiger partial charge in [-0.2, -0.15) is 8.42 Å². The van der Waals surface area contributed by atoms with Crippen LogP contribution >= 0.6 is 15.9 Å². The summed E-state index contributed by atoms with van der Waals surface area (Å²) in [5.41, 5.74) is 0.738. The summed E-state index contributed by atoms with van der Waals surface area (Å²) in [5.74, 6) is -1.43. The van der Waals surface area contributed by atoms with Crippen LogP contribution in [-0.4, -0.2) is 83.5 Å². The fourth-order valence-electron chi connectivity index (χ4n) is 3.64. The van der Waals surface area contributed by atoms with Gasteiger partial charge in [-0.1, -0.05) is 39.3 Å². The van der Waals surface area contributed by atoms with E-state index >= 15 is 0 Å². The lowest BCUT2D eigenvalue weighted by Gasteiger charge is -2.30. The quantitative estimate of drug-likeness (QED) is 0.179. The molecule has 0 saturated carbocycles. The van der Waals surface area contributed by atoms with Crippen molar-refractivity contribution in [2.45, 2.75) is 85.2 Å². The van der Waals surface area contributed by atoms with Gasteiger partial charge < -0.3 is 27.9 Å². The van der Waals surface area contributed by atoms with Gasteiger partial charge >= 0.3 is 16.1 Å². The maximum atomic E-state index is 14.1. The minimum atomic E-state index is -4.05. The summed E-state index contributed by atoms with van der Waals surface area (Å²) >= 11 is 3.58. The van der Waals surface area contributed by atoms with Crippen LogP contribution in [0.1, 0.15) is 42.4 Å². The average Bonchev–Trinajstić information content (AvgIpc) is 2.94. The Morgan fingerprint density at radius 3 is 2.00 bits per heavy atom. The second kappa shape index (κ2) is 12.6. The minimum Gasteiger partial charge on any atom is -0.462 e. The zero-order valence-corrected chi connectivity index (χ0v) is 29.3. The molecule has 14 heteroatoms. The molecule has 10 nitrogen and oxygen atoms in total. The van der Waals surface area contributed by atoms with Gasteiger partial charge in [0.05, 0.1) is 40.2 Å². The molecule has 0 fully saturated rings. The average molecular weight is 668 g/mol. The van der Waals surface area contributed by atoms with Crippen LogP contribution in [0, 0.1) is 6.92 Å². The number of ether oxygens (including phenoxy) is 3. The molecule has 39 heavy (non-hydrogen) atoms. The van der Waals surface area contributed by atoms with Crippen LogP contribution in [0.15, 0.2) is 10.4 Å². The van der Waals surface area contributed by atoms with E-state index in [1.165, 1.54) is 4.90 Å². The Balaban J connectivity index is 2.80. The van der Waals surface area contributed by atoms with Crippen molar-refractivity contribution < 1.29 is 36.4 Å². The normalized spacial score (nSPS) is 16.6. The molecule has 2 unspecified atom stereocenters. The van der Waals surface area contributed by atoms with Crippen molar-refractivity contribution in [1.29, 1.82) is 0 Å². The molecule has 222 valence electrons. The number of nitrogens with zero attached hydrogens (tertiary/aromatic N) is 2. The highest BCUT2D eigenvalue weighted by atomic mass is 79.9. The molecule has 2 rings (SSSR count). The Bertz CT molecular complexity index is 1230. The van der Waals surface area contributed by atoms with Crippen molar-refractivity contribution in [3.8, 4) is 0 Å². The largest absolute Gasteiger partial charge is 0.462 e. The zero-order valence-electron chi connectivity index (χ0n) is 24.9. The van der Waals surface area contributed by atoms with Gasteiger partial charge in [0, 0.05) is 17.0 Å². The molecule has 1 aromatic rings. The van der Waals surface area contributed by atoms with E-state index in [2.05, 4.69) is 55.2 Å². The lowest BCUT2D eigenvalue weighted by Crippen LogP contribution is -2.43. The summed E-state index contributed by atoms with van der Waals surface area (Å²) < 4.78 is 49.8.